The highest BCUT2D eigenvalue weighted by Crippen LogP contribution is 2.20. The van der Waals surface area contributed by atoms with E-state index in [-0.39, 0.29) is 18.2 Å². The summed E-state index contributed by atoms with van der Waals surface area (Å²) in [6.45, 7) is 2.88. The first kappa shape index (κ1) is 25.8. The third-order valence-corrected chi connectivity index (χ3v) is 6.27. The van der Waals surface area contributed by atoms with Crippen LogP contribution in [0.3, 0.4) is 0 Å². The molecule has 0 aromatic heterocycles. The summed E-state index contributed by atoms with van der Waals surface area (Å²) in [6.07, 6.45) is 2.01. The normalized spacial score (nSPS) is 11.6. The Hall–Kier alpha value is -2.82. The summed E-state index contributed by atoms with van der Waals surface area (Å²) in [5, 5.41) is 4.26. The molecule has 1 atom stereocenters. The summed E-state index contributed by atoms with van der Waals surface area (Å²) in [5.41, 5.74) is 2.83. The lowest BCUT2D eigenvalue weighted by atomic mass is 10.0. The largest absolute Gasteiger partial charge is 0.354 e. The van der Waals surface area contributed by atoms with Crippen molar-refractivity contribution in [2.24, 2.45) is 0 Å². The molecule has 4 nitrogen and oxygen atoms in total. The van der Waals surface area contributed by atoms with E-state index in [1.165, 1.54) is 0 Å². The van der Waals surface area contributed by atoms with Gasteiger partial charge in [-0.2, -0.15) is 0 Å². The van der Waals surface area contributed by atoms with Gasteiger partial charge in [0.05, 0.1) is 0 Å². The molecule has 1 N–H and O–H groups in total. The molecule has 3 rings (SSSR count). The molecule has 0 spiro atoms. The Balaban J connectivity index is 1.89. The van der Waals surface area contributed by atoms with Crippen LogP contribution in [0.1, 0.15) is 36.5 Å². The zero-order valence-corrected chi connectivity index (χ0v) is 20.9. The number of nitrogens with one attached hydrogen (secondary N) is 1. The molecule has 0 saturated carbocycles. The Kier molecular flexibility index (Phi) is 9.99. The number of nitrogens with zero attached hydrogens (tertiary/aromatic N) is 1. The van der Waals surface area contributed by atoms with Crippen molar-refractivity contribution in [2.45, 2.75) is 45.2 Å². The summed E-state index contributed by atoms with van der Waals surface area (Å²) in [7, 11) is 0. The van der Waals surface area contributed by atoms with E-state index in [4.69, 9.17) is 23.2 Å². The Labute approximate surface area is 211 Å². The molecule has 0 saturated heterocycles. The van der Waals surface area contributed by atoms with E-state index in [9.17, 15) is 9.59 Å². The van der Waals surface area contributed by atoms with E-state index in [2.05, 4.69) is 5.32 Å². The molecular weight excluding hydrogens is 467 g/mol. The van der Waals surface area contributed by atoms with Gasteiger partial charge >= 0.3 is 0 Å². The predicted octanol–water partition coefficient (Wildman–Crippen LogP) is 6.09. The van der Waals surface area contributed by atoms with Gasteiger partial charge in [0.25, 0.3) is 0 Å². The lowest BCUT2D eigenvalue weighted by molar-refractivity contribution is -0.141. The summed E-state index contributed by atoms with van der Waals surface area (Å²) in [5.74, 6) is -0.242. The fourth-order valence-electron chi connectivity index (χ4n) is 3.79. The van der Waals surface area contributed by atoms with Crippen molar-refractivity contribution in [2.75, 3.05) is 6.54 Å². The molecule has 0 fully saturated rings. The lowest BCUT2D eigenvalue weighted by Crippen LogP contribution is -2.50. The van der Waals surface area contributed by atoms with Gasteiger partial charge < -0.3 is 10.2 Å². The lowest BCUT2D eigenvalue weighted by Gasteiger charge is -2.31. The van der Waals surface area contributed by atoms with Crippen LogP contribution in [0.4, 0.5) is 0 Å². The van der Waals surface area contributed by atoms with Gasteiger partial charge in [-0.1, -0.05) is 90.8 Å². The Morgan fingerprint density at radius 3 is 2.24 bits per heavy atom. The fourth-order valence-corrected chi connectivity index (χ4v) is 4.15. The van der Waals surface area contributed by atoms with Crippen LogP contribution in [0.25, 0.3) is 0 Å². The topological polar surface area (TPSA) is 49.4 Å². The monoisotopic (exact) mass is 496 g/mol. The second-order valence-electron chi connectivity index (χ2n) is 8.24. The quantitative estimate of drug-likeness (QED) is 0.349. The van der Waals surface area contributed by atoms with Crippen LogP contribution in [0, 0.1) is 0 Å². The molecule has 3 aromatic rings. The second kappa shape index (κ2) is 13.2. The van der Waals surface area contributed by atoms with Crippen LogP contribution in [0.2, 0.25) is 10.0 Å². The molecule has 1 unspecified atom stereocenters. The number of carbonyl (C=O) groups excluding carboxylic acids is 2. The highest BCUT2D eigenvalue weighted by atomic mass is 35.5. The number of hydrogen-bond acceptors (Lipinski definition) is 2. The number of aryl methyl sites for hydroxylation is 1. The first-order chi connectivity index (χ1) is 16.5. The van der Waals surface area contributed by atoms with Crippen molar-refractivity contribution in [3.05, 3.63) is 106 Å². The van der Waals surface area contributed by atoms with Gasteiger partial charge in [-0.3, -0.25) is 9.59 Å². The highest BCUT2D eigenvalue weighted by Gasteiger charge is 2.30. The van der Waals surface area contributed by atoms with Crippen molar-refractivity contribution in [1.29, 1.82) is 0 Å². The fraction of sp³-hybridized carbons (Fsp3) is 0.286. The minimum Gasteiger partial charge on any atom is -0.354 e. The van der Waals surface area contributed by atoms with E-state index in [0.717, 1.165) is 23.1 Å². The summed E-state index contributed by atoms with van der Waals surface area (Å²) >= 11 is 12.4. The van der Waals surface area contributed by atoms with Crippen LogP contribution < -0.4 is 5.32 Å². The minimum absolute atomic E-state index is 0.0950. The first-order valence-corrected chi connectivity index (χ1v) is 12.3. The molecule has 0 heterocycles. The molecule has 0 radical (unpaired) electrons. The third kappa shape index (κ3) is 7.61. The second-order valence-corrected chi connectivity index (χ2v) is 9.08. The molecular formula is C28H30Cl2N2O2. The Morgan fingerprint density at radius 1 is 0.882 bits per heavy atom. The number of hydrogen-bond donors (Lipinski definition) is 1. The molecule has 0 bridgehead atoms. The minimum atomic E-state index is -0.636. The van der Waals surface area contributed by atoms with Gasteiger partial charge in [0.1, 0.15) is 6.04 Å². The number of rotatable bonds is 11. The van der Waals surface area contributed by atoms with Crippen molar-refractivity contribution >= 4 is 35.0 Å². The van der Waals surface area contributed by atoms with E-state index < -0.39 is 6.04 Å². The smallest absolute Gasteiger partial charge is 0.243 e. The van der Waals surface area contributed by atoms with Crippen LogP contribution in [0.5, 0.6) is 0 Å². The van der Waals surface area contributed by atoms with Crippen LogP contribution in [-0.4, -0.2) is 29.3 Å². The van der Waals surface area contributed by atoms with Crippen LogP contribution in [-0.2, 0) is 29.0 Å². The molecule has 34 heavy (non-hydrogen) atoms. The standard InChI is InChI=1S/C28H30Cl2N2O2/c1-2-18-31-28(34)26(19-21-8-4-3-5-9-21)32(20-22-12-15-24(29)16-13-22)27(33)17-14-23-10-6-7-11-25(23)30/h3-13,15-16,26H,2,14,17-20H2,1H3,(H,31,34). The van der Waals surface area contributed by atoms with E-state index in [1.807, 2.05) is 73.7 Å². The molecule has 178 valence electrons. The van der Waals surface area contributed by atoms with Gasteiger partial charge in [-0.25, -0.2) is 0 Å². The number of amides is 2. The van der Waals surface area contributed by atoms with Crippen molar-refractivity contribution in [3.8, 4) is 0 Å². The van der Waals surface area contributed by atoms with Gasteiger partial charge in [0.15, 0.2) is 0 Å². The average Bonchev–Trinajstić information content (AvgIpc) is 2.85. The molecule has 0 aliphatic carbocycles. The summed E-state index contributed by atoms with van der Waals surface area (Å²) in [4.78, 5) is 28.6. The number of benzene rings is 3. The van der Waals surface area contributed by atoms with Crippen LogP contribution >= 0.6 is 23.2 Å². The SMILES string of the molecule is CCCNC(=O)C(Cc1ccccc1)N(Cc1ccc(Cl)cc1)C(=O)CCc1ccccc1Cl. The molecule has 0 aliphatic rings. The van der Waals surface area contributed by atoms with Crippen molar-refractivity contribution in [3.63, 3.8) is 0 Å². The van der Waals surface area contributed by atoms with Gasteiger partial charge in [-0.15, -0.1) is 0 Å². The van der Waals surface area contributed by atoms with Gasteiger partial charge in [0.2, 0.25) is 11.8 Å². The third-order valence-electron chi connectivity index (χ3n) is 5.65. The van der Waals surface area contributed by atoms with E-state index in [1.54, 1.807) is 17.0 Å². The molecule has 2 amide bonds. The number of halogens is 2. The zero-order valence-electron chi connectivity index (χ0n) is 19.3. The maximum absolute atomic E-state index is 13.6. The van der Waals surface area contributed by atoms with Crippen molar-refractivity contribution < 1.29 is 9.59 Å². The van der Waals surface area contributed by atoms with Crippen LogP contribution in [0.15, 0.2) is 78.9 Å². The first-order valence-electron chi connectivity index (χ1n) is 11.6. The van der Waals surface area contributed by atoms with Gasteiger partial charge in [0, 0.05) is 36.0 Å². The van der Waals surface area contributed by atoms with E-state index in [0.29, 0.717) is 36.0 Å². The maximum atomic E-state index is 13.6. The summed E-state index contributed by atoms with van der Waals surface area (Å²) < 4.78 is 0. The highest BCUT2D eigenvalue weighted by molar-refractivity contribution is 6.31. The Morgan fingerprint density at radius 2 is 1.56 bits per heavy atom. The van der Waals surface area contributed by atoms with E-state index >= 15 is 0 Å². The number of carbonyl (C=O) groups is 2. The molecule has 3 aromatic carbocycles. The summed E-state index contributed by atoms with van der Waals surface area (Å²) in [6, 6.07) is 24.1. The maximum Gasteiger partial charge on any atom is 0.243 e. The van der Waals surface area contributed by atoms with Crippen molar-refractivity contribution in [1.82, 2.24) is 10.2 Å². The molecule has 6 heteroatoms. The molecule has 0 aliphatic heterocycles. The van der Waals surface area contributed by atoms with Gasteiger partial charge in [-0.05, 0) is 47.7 Å². The Bertz CT molecular complexity index is 1070. The average molecular weight is 497 g/mol. The zero-order chi connectivity index (χ0) is 24.3. The predicted molar refractivity (Wildman–Crippen MR) is 139 cm³/mol.